The molecule has 1 aliphatic rings. The maximum atomic E-state index is 12.1. The molecule has 2 heterocycles. The van der Waals surface area contributed by atoms with Gasteiger partial charge >= 0.3 is 0 Å². The van der Waals surface area contributed by atoms with Crippen molar-refractivity contribution in [2.75, 3.05) is 6.54 Å². The van der Waals surface area contributed by atoms with Crippen LogP contribution < -0.4 is 5.32 Å². The fourth-order valence-electron chi connectivity index (χ4n) is 2.03. The number of rotatable bonds is 4. The zero-order chi connectivity index (χ0) is 13.1. The molecular weight excluding hydrogens is 234 g/mol. The van der Waals surface area contributed by atoms with Crippen molar-refractivity contribution in [2.24, 2.45) is 0 Å². The van der Waals surface area contributed by atoms with Crippen molar-refractivity contribution in [2.45, 2.75) is 39.4 Å². The molecule has 1 fully saturated rings. The third kappa shape index (κ3) is 2.34. The minimum atomic E-state index is -0.413. The predicted molar refractivity (Wildman–Crippen MR) is 63.3 cm³/mol. The average molecular weight is 251 g/mol. The molecule has 1 saturated heterocycles. The third-order valence-corrected chi connectivity index (χ3v) is 3.02. The van der Waals surface area contributed by atoms with Crippen LogP contribution in [0, 0.1) is 0 Å². The number of piperazine rings is 1. The monoisotopic (exact) mass is 251 g/mol. The molecule has 7 nitrogen and oxygen atoms in total. The molecule has 98 valence electrons. The Morgan fingerprint density at radius 2 is 2.22 bits per heavy atom. The molecule has 0 saturated carbocycles. The first kappa shape index (κ1) is 12.5. The van der Waals surface area contributed by atoms with Gasteiger partial charge < -0.3 is 10.2 Å². The molecule has 2 rings (SSSR count). The van der Waals surface area contributed by atoms with E-state index in [1.54, 1.807) is 4.68 Å². The van der Waals surface area contributed by atoms with Gasteiger partial charge in [-0.05, 0) is 13.3 Å². The zero-order valence-electron chi connectivity index (χ0n) is 10.6. The number of hydrogen-bond acceptors (Lipinski definition) is 4. The summed E-state index contributed by atoms with van der Waals surface area (Å²) in [6, 6.07) is -0.413. The van der Waals surface area contributed by atoms with Gasteiger partial charge in [0.2, 0.25) is 11.8 Å². The van der Waals surface area contributed by atoms with E-state index in [-0.39, 0.29) is 18.4 Å². The standard InChI is InChI=1S/C11H17N5O2/c1-3-8-11(18)15(6-10(17)14-8)5-9-12-7-13-16(9)4-2/h7-8H,3-6H2,1-2H3,(H,14,17). The number of amides is 2. The van der Waals surface area contributed by atoms with E-state index in [0.29, 0.717) is 25.3 Å². The molecule has 1 unspecified atom stereocenters. The summed E-state index contributed by atoms with van der Waals surface area (Å²) < 4.78 is 1.72. The normalized spacial score (nSPS) is 20.1. The zero-order valence-corrected chi connectivity index (χ0v) is 10.6. The number of nitrogens with zero attached hydrogens (tertiary/aromatic N) is 4. The highest BCUT2D eigenvalue weighted by Crippen LogP contribution is 2.09. The molecule has 1 aromatic heterocycles. The summed E-state index contributed by atoms with van der Waals surface area (Å²) in [7, 11) is 0. The number of carbonyl (C=O) groups is 2. The summed E-state index contributed by atoms with van der Waals surface area (Å²) in [6.45, 7) is 4.95. The summed E-state index contributed by atoms with van der Waals surface area (Å²) in [4.78, 5) is 29.3. The molecule has 1 N–H and O–H groups in total. The van der Waals surface area contributed by atoms with Gasteiger partial charge in [-0.3, -0.25) is 9.59 Å². The second-order valence-corrected chi connectivity index (χ2v) is 4.21. The Kier molecular flexibility index (Phi) is 3.59. The fraction of sp³-hybridized carbons (Fsp3) is 0.636. The van der Waals surface area contributed by atoms with Crippen molar-refractivity contribution in [1.29, 1.82) is 0 Å². The highest BCUT2D eigenvalue weighted by molar-refractivity contribution is 5.94. The lowest BCUT2D eigenvalue weighted by Gasteiger charge is -2.31. The number of nitrogens with one attached hydrogen (secondary N) is 1. The molecule has 7 heteroatoms. The molecule has 2 amide bonds. The van der Waals surface area contributed by atoms with Gasteiger partial charge in [0.05, 0.1) is 6.54 Å². The van der Waals surface area contributed by atoms with Crippen molar-refractivity contribution in [3.05, 3.63) is 12.2 Å². The van der Waals surface area contributed by atoms with Gasteiger partial charge in [0, 0.05) is 6.54 Å². The van der Waals surface area contributed by atoms with Crippen LogP contribution in [0.15, 0.2) is 6.33 Å². The van der Waals surface area contributed by atoms with E-state index in [9.17, 15) is 9.59 Å². The Hall–Kier alpha value is -1.92. The molecule has 0 radical (unpaired) electrons. The highest BCUT2D eigenvalue weighted by Gasteiger charge is 2.31. The van der Waals surface area contributed by atoms with Crippen LogP contribution in [0.2, 0.25) is 0 Å². The lowest BCUT2D eigenvalue weighted by Crippen LogP contribution is -2.57. The van der Waals surface area contributed by atoms with E-state index in [1.807, 2.05) is 13.8 Å². The summed E-state index contributed by atoms with van der Waals surface area (Å²) in [5.41, 5.74) is 0. The Labute approximate surface area is 105 Å². The average Bonchev–Trinajstić information content (AvgIpc) is 2.80. The van der Waals surface area contributed by atoms with Crippen molar-refractivity contribution in [3.63, 3.8) is 0 Å². The van der Waals surface area contributed by atoms with Crippen molar-refractivity contribution in [3.8, 4) is 0 Å². The Morgan fingerprint density at radius 3 is 2.89 bits per heavy atom. The molecule has 0 aromatic carbocycles. The quantitative estimate of drug-likeness (QED) is 0.785. The van der Waals surface area contributed by atoms with Crippen molar-refractivity contribution < 1.29 is 9.59 Å². The van der Waals surface area contributed by atoms with Gasteiger partial charge in [-0.15, -0.1) is 0 Å². The van der Waals surface area contributed by atoms with Crippen LogP contribution in [0.4, 0.5) is 0 Å². The van der Waals surface area contributed by atoms with E-state index >= 15 is 0 Å². The molecule has 0 spiro atoms. The first-order chi connectivity index (χ1) is 8.65. The molecule has 0 aliphatic carbocycles. The van der Waals surface area contributed by atoms with Crippen LogP contribution in [-0.2, 0) is 22.7 Å². The summed E-state index contributed by atoms with van der Waals surface area (Å²) in [6.07, 6.45) is 2.06. The molecular formula is C11H17N5O2. The molecule has 1 aliphatic heterocycles. The van der Waals surface area contributed by atoms with Crippen LogP contribution in [0.3, 0.4) is 0 Å². The number of aromatic nitrogens is 3. The SMILES string of the molecule is CCC1NC(=O)CN(Cc2ncnn2CC)C1=O. The molecule has 18 heavy (non-hydrogen) atoms. The Morgan fingerprint density at radius 1 is 1.44 bits per heavy atom. The predicted octanol–water partition coefficient (Wildman–Crippen LogP) is -0.465. The first-order valence-electron chi connectivity index (χ1n) is 6.10. The first-order valence-corrected chi connectivity index (χ1v) is 6.10. The minimum Gasteiger partial charge on any atom is -0.343 e. The third-order valence-electron chi connectivity index (χ3n) is 3.02. The second-order valence-electron chi connectivity index (χ2n) is 4.21. The summed E-state index contributed by atoms with van der Waals surface area (Å²) in [5, 5.41) is 6.73. The van der Waals surface area contributed by atoms with Gasteiger partial charge in [0.25, 0.3) is 0 Å². The number of hydrogen-bond donors (Lipinski definition) is 1. The van der Waals surface area contributed by atoms with Gasteiger partial charge in [-0.2, -0.15) is 5.10 Å². The second kappa shape index (κ2) is 5.16. The van der Waals surface area contributed by atoms with Crippen molar-refractivity contribution in [1.82, 2.24) is 25.0 Å². The lowest BCUT2D eigenvalue weighted by molar-refractivity contribution is -0.145. The van der Waals surface area contributed by atoms with Gasteiger partial charge in [0.15, 0.2) is 0 Å². The van der Waals surface area contributed by atoms with Crippen LogP contribution in [0.5, 0.6) is 0 Å². The Balaban J connectivity index is 2.12. The van der Waals surface area contributed by atoms with Crippen LogP contribution in [-0.4, -0.2) is 44.1 Å². The number of aryl methyl sites for hydroxylation is 1. The largest absolute Gasteiger partial charge is 0.343 e. The van der Waals surface area contributed by atoms with E-state index in [1.165, 1.54) is 11.2 Å². The van der Waals surface area contributed by atoms with E-state index < -0.39 is 6.04 Å². The maximum Gasteiger partial charge on any atom is 0.246 e. The minimum absolute atomic E-state index is 0.0530. The topological polar surface area (TPSA) is 80.1 Å². The van der Waals surface area contributed by atoms with Gasteiger partial charge in [0.1, 0.15) is 24.7 Å². The van der Waals surface area contributed by atoms with E-state index in [4.69, 9.17) is 0 Å². The molecule has 1 aromatic rings. The van der Waals surface area contributed by atoms with Gasteiger partial charge in [-0.1, -0.05) is 6.92 Å². The maximum absolute atomic E-state index is 12.1. The highest BCUT2D eigenvalue weighted by atomic mass is 16.2. The van der Waals surface area contributed by atoms with E-state index in [2.05, 4.69) is 15.4 Å². The fourth-order valence-corrected chi connectivity index (χ4v) is 2.03. The van der Waals surface area contributed by atoms with Crippen LogP contribution in [0.1, 0.15) is 26.1 Å². The summed E-state index contributed by atoms with van der Waals surface area (Å²) in [5.74, 6) is 0.530. The summed E-state index contributed by atoms with van der Waals surface area (Å²) >= 11 is 0. The smallest absolute Gasteiger partial charge is 0.246 e. The number of carbonyl (C=O) groups excluding carboxylic acids is 2. The lowest BCUT2D eigenvalue weighted by atomic mass is 10.1. The van der Waals surface area contributed by atoms with Crippen LogP contribution in [0.25, 0.3) is 0 Å². The molecule has 0 bridgehead atoms. The van der Waals surface area contributed by atoms with Crippen molar-refractivity contribution >= 4 is 11.8 Å². The van der Waals surface area contributed by atoms with Crippen LogP contribution >= 0.6 is 0 Å². The Bertz CT molecular complexity index is 456. The van der Waals surface area contributed by atoms with Gasteiger partial charge in [-0.25, -0.2) is 9.67 Å². The van der Waals surface area contributed by atoms with E-state index in [0.717, 1.165) is 0 Å². The molecule has 1 atom stereocenters.